The van der Waals surface area contributed by atoms with Crippen LogP contribution in [-0.4, -0.2) is 95.3 Å². The van der Waals surface area contributed by atoms with Crippen LogP contribution in [0.3, 0.4) is 0 Å². The lowest BCUT2D eigenvalue weighted by atomic mass is 9.85. The van der Waals surface area contributed by atoms with Crippen molar-refractivity contribution in [3.8, 4) is 22.3 Å². The smallest absolute Gasteiger partial charge is 0.251 e. The zero-order valence-corrected chi connectivity index (χ0v) is 38.6. The van der Waals surface area contributed by atoms with Crippen LogP contribution in [-0.2, 0) is 19.1 Å². The SMILES string of the molecule is Cc1ncsc1-c1ccc([C@H](C)NC(=O)[C@@H]2C[C@@H](O)CN2C(=O)[C@@H](NC(=O)COCCCCCNc2ccc(C(=O)NC3CC(Oc4ccc(C#N)c(Cl)c4)C3)cc2)C(C)(C)C)cc1. The third-order valence-corrected chi connectivity index (χ3v) is 12.8. The van der Waals surface area contributed by atoms with Gasteiger partial charge in [0.1, 0.15) is 36.6 Å². The van der Waals surface area contributed by atoms with E-state index in [1.165, 1.54) is 4.90 Å². The number of nitrogens with zero attached hydrogens (tertiary/aromatic N) is 3. The average molecular weight is 913 g/mol. The van der Waals surface area contributed by atoms with Gasteiger partial charge in [0.25, 0.3) is 5.91 Å². The van der Waals surface area contributed by atoms with Gasteiger partial charge in [-0.1, -0.05) is 56.6 Å². The minimum absolute atomic E-state index is 0.0107. The van der Waals surface area contributed by atoms with Crippen LogP contribution in [0, 0.1) is 23.7 Å². The Kier molecular flexibility index (Phi) is 16.4. The number of carbonyl (C=O) groups excluding carboxylic acids is 4. The first-order chi connectivity index (χ1) is 30.6. The molecule has 2 aliphatic rings. The molecular formula is C48H58ClN7O7S. The summed E-state index contributed by atoms with van der Waals surface area (Å²) in [6.45, 7) is 10.2. The number of unbranched alkanes of at least 4 members (excludes halogenated alkanes) is 2. The first-order valence-electron chi connectivity index (χ1n) is 21.8. The van der Waals surface area contributed by atoms with E-state index in [4.69, 9.17) is 26.3 Å². The number of halogens is 1. The molecule has 4 atom stereocenters. The lowest BCUT2D eigenvalue weighted by Crippen LogP contribution is -2.58. The molecule has 1 aromatic heterocycles. The van der Waals surface area contributed by atoms with E-state index < -0.39 is 35.4 Å². The molecular weight excluding hydrogens is 854 g/mol. The van der Waals surface area contributed by atoms with E-state index in [2.05, 4.69) is 26.3 Å². The summed E-state index contributed by atoms with van der Waals surface area (Å²) < 4.78 is 11.6. The van der Waals surface area contributed by atoms with Crippen molar-refractivity contribution in [1.29, 1.82) is 5.26 Å². The van der Waals surface area contributed by atoms with Gasteiger partial charge in [0.15, 0.2) is 0 Å². The summed E-state index contributed by atoms with van der Waals surface area (Å²) in [5, 5.41) is 32.3. The Hall–Kier alpha value is -5.53. The molecule has 2 heterocycles. The summed E-state index contributed by atoms with van der Waals surface area (Å²) in [6.07, 6.45) is 3.02. The van der Waals surface area contributed by atoms with Crippen molar-refractivity contribution in [3.63, 3.8) is 0 Å². The van der Waals surface area contributed by atoms with Crippen molar-refractivity contribution < 1.29 is 33.8 Å². The Balaban J connectivity index is 0.858. The number of nitrogens with one attached hydrogen (secondary N) is 4. The fourth-order valence-electron chi connectivity index (χ4n) is 7.76. The van der Waals surface area contributed by atoms with Gasteiger partial charge in [-0.2, -0.15) is 5.26 Å². The molecule has 16 heteroatoms. The van der Waals surface area contributed by atoms with Crippen LogP contribution in [0.15, 0.2) is 72.2 Å². The minimum Gasteiger partial charge on any atom is -0.490 e. The summed E-state index contributed by atoms with van der Waals surface area (Å²) in [6, 6.07) is 20.1. The van der Waals surface area contributed by atoms with E-state index in [1.807, 2.05) is 82.6 Å². The Morgan fingerprint density at radius 2 is 1.73 bits per heavy atom. The number of aryl methyl sites for hydroxylation is 1. The Morgan fingerprint density at radius 1 is 1.00 bits per heavy atom. The van der Waals surface area contributed by atoms with Gasteiger partial charge in [-0.25, -0.2) is 4.98 Å². The van der Waals surface area contributed by atoms with Gasteiger partial charge < -0.3 is 40.7 Å². The molecule has 1 saturated heterocycles. The summed E-state index contributed by atoms with van der Waals surface area (Å²) in [5.74, 6) is -0.770. The number of anilines is 1. The van der Waals surface area contributed by atoms with E-state index in [0.717, 1.165) is 53.2 Å². The molecule has 1 aliphatic heterocycles. The Morgan fingerprint density at radius 3 is 2.39 bits per heavy atom. The number of hydrogen-bond donors (Lipinski definition) is 5. The van der Waals surface area contributed by atoms with Crippen LogP contribution >= 0.6 is 22.9 Å². The fourth-order valence-corrected chi connectivity index (χ4v) is 8.79. The molecule has 0 radical (unpaired) electrons. The van der Waals surface area contributed by atoms with Crippen molar-refractivity contribution >= 4 is 52.3 Å². The zero-order chi connectivity index (χ0) is 46.0. The largest absolute Gasteiger partial charge is 0.490 e. The van der Waals surface area contributed by atoms with E-state index in [1.54, 1.807) is 41.7 Å². The molecule has 0 unspecified atom stereocenters. The normalized spacial score (nSPS) is 19.1. The molecule has 0 bridgehead atoms. The zero-order valence-electron chi connectivity index (χ0n) is 37.0. The molecule has 3 aromatic carbocycles. The van der Waals surface area contributed by atoms with E-state index >= 15 is 0 Å². The van der Waals surface area contributed by atoms with E-state index in [9.17, 15) is 24.3 Å². The standard InChI is InChI=1S/C48H58ClN7O7S/c1-29(31-9-11-32(12-10-31)43-30(2)52-28-64-43)53-46(60)41-23-37(57)26-56(41)47(61)44(48(3,4)5)55-42(58)27-62-20-8-6-7-19-51-35-16-13-33(14-17-35)45(59)54-36-21-39(22-36)63-38-18-15-34(25-50)40(49)24-38/h9-18,24,28-29,36-37,39,41,44,51,57H,6-8,19-23,26-27H2,1-5H3,(H,53,60)(H,54,59)(H,55,58)/t29-,36?,37+,39?,41-,44+/m0/s1. The molecule has 2 fully saturated rings. The predicted octanol–water partition coefficient (Wildman–Crippen LogP) is 6.95. The highest BCUT2D eigenvalue weighted by molar-refractivity contribution is 7.13. The number of rotatable bonds is 19. The topological polar surface area (TPSA) is 195 Å². The number of amides is 4. The van der Waals surface area contributed by atoms with Crippen molar-refractivity contribution in [1.82, 2.24) is 25.8 Å². The molecule has 6 rings (SSSR count). The maximum atomic E-state index is 14.0. The Labute approximate surface area is 384 Å². The maximum absolute atomic E-state index is 14.0. The molecule has 64 heavy (non-hydrogen) atoms. The fraction of sp³-hybridized carbons (Fsp3) is 0.458. The monoisotopic (exact) mass is 911 g/mol. The van der Waals surface area contributed by atoms with Crippen LogP contribution in [0.2, 0.25) is 5.02 Å². The number of aliphatic hydroxyl groups excluding tert-OH is 1. The summed E-state index contributed by atoms with van der Waals surface area (Å²) in [5.41, 5.74) is 5.91. The first-order valence-corrected chi connectivity index (χ1v) is 23.0. The number of aliphatic hydroxyl groups is 1. The lowest BCUT2D eigenvalue weighted by molar-refractivity contribution is -0.144. The third kappa shape index (κ3) is 12.8. The van der Waals surface area contributed by atoms with Crippen LogP contribution in [0.25, 0.3) is 10.4 Å². The lowest BCUT2D eigenvalue weighted by Gasteiger charge is -2.35. The van der Waals surface area contributed by atoms with Gasteiger partial charge in [0.2, 0.25) is 17.7 Å². The molecule has 340 valence electrons. The number of ether oxygens (including phenoxy) is 2. The van der Waals surface area contributed by atoms with Gasteiger partial charge >= 0.3 is 0 Å². The van der Waals surface area contributed by atoms with Gasteiger partial charge in [-0.3, -0.25) is 19.2 Å². The number of hydrogen-bond acceptors (Lipinski definition) is 11. The molecule has 1 aliphatic carbocycles. The first kappa shape index (κ1) is 47.9. The highest BCUT2D eigenvalue weighted by Crippen LogP contribution is 2.31. The number of benzene rings is 3. The van der Waals surface area contributed by atoms with Crippen molar-refractivity contribution in [2.75, 3.05) is 31.6 Å². The van der Waals surface area contributed by atoms with Gasteiger partial charge in [-0.05, 0) is 86.1 Å². The van der Waals surface area contributed by atoms with Gasteiger partial charge in [0.05, 0.1) is 38.8 Å². The predicted molar refractivity (Wildman–Crippen MR) is 247 cm³/mol. The second-order valence-electron chi connectivity index (χ2n) is 17.6. The Bertz CT molecular complexity index is 2290. The number of carbonyl (C=O) groups is 4. The van der Waals surface area contributed by atoms with Crippen molar-refractivity contribution in [2.24, 2.45) is 5.41 Å². The van der Waals surface area contributed by atoms with Gasteiger partial charge in [0, 0.05) is 62.3 Å². The maximum Gasteiger partial charge on any atom is 0.251 e. The summed E-state index contributed by atoms with van der Waals surface area (Å²) in [4.78, 5) is 60.3. The number of β-amino-alcohol motifs (C(OH)–C–C–N with tert-alkyl or cyclic N) is 1. The second-order valence-corrected chi connectivity index (χ2v) is 18.9. The van der Waals surface area contributed by atoms with Crippen LogP contribution in [0.1, 0.15) is 99.4 Å². The molecule has 0 spiro atoms. The number of nitriles is 1. The van der Waals surface area contributed by atoms with E-state index in [0.29, 0.717) is 41.3 Å². The van der Waals surface area contributed by atoms with Crippen LogP contribution < -0.4 is 26.0 Å². The summed E-state index contributed by atoms with van der Waals surface area (Å²) in [7, 11) is 0. The highest BCUT2D eigenvalue weighted by atomic mass is 35.5. The quantitative estimate of drug-likeness (QED) is 0.0615. The van der Waals surface area contributed by atoms with Crippen LogP contribution in [0.4, 0.5) is 5.69 Å². The van der Waals surface area contributed by atoms with Crippen LogP contribution in [0.5, 0.6) is 5.75 Å². The molecule has 4 aromatic rings. The molecule has 1 saturated carbocycles. The average Bonchev–Trinajstić information content (AvgIpc) is 3.87. The third-order valence-electron chi connectivity index (χ3n) is 11.5. The highest BCUT2D eigenvalue weighted by Gasteiger charge is 2.44. The van der Waals surface area contributed by atoms with E-state index in [-0.39, 0.29) is 49.6 Å². The van der Waals surface area contributed by atoms with Gasteiger partial charge in [-0.15, -0.1) is 11.3 Å². The summed E-state index contributed by atoms with van der Waals surface area (Å²) >= 11 is 7.67. The van der Waals surface area contributed by atoms with Crippen molar-refractivity contribution in [2.45, 2.75) is 110 Å². The number of likely N-dealkylation sites (tertiary alicyclic amines) is 1. The number of thiazole rings is 1. The molecule has 14 nitrogen and oxygen atoms in total. The van der Waals surface area contributed by atoms with Crippen molar-refractivity contribution in [3.05, 3.63) is 99.6 Å². The number of aromatic nitrogens is 1. The molecule has 4 amide bonds. The minimum atomic E-state index is -0.947. The second kappa shape index (κ2) is 21.9. The molecule has 5 N–H and O–H groups in total.